The van der Waals surface area contributed by atoms with E-state index in [1.165, 1.54) is 28.8 Å². The van der Waals surface area contributed by atoms with Gasteiger partial charge in [0.05, 0.1) is 21.5 Å². The minimum atomic E-state index is -0.464. The monoisotopic (exact) mass is 385 g/mol. The van der Waals surface area contributed by atoms with Crippen LogP contribution >= 0.6 is 0 Å². The summed E-state index contributed by atoms with van der Waals surface area (Å²) in [4.78, 5) is 28.2. The summed E-state index contributed by atoms with van der Waals surface area (Å²) in [6, 6.07) is 19.5. The minimum absolute atomic E-state index is 0.0241. The van der Waals surface area contributed by atoms with Crippen molar-refractivity contribution in [3.05, 3.63) is 105 Å². The van der Waals surface area contributed by atoms with E-state index in [1.54, 1.807) is 60.7 Å². The Balaban J connectivity index is 1.91. The van der Waals surface area contributed by atoms with Crippen LogP contribution in [-0.4, -0.2) is 19.6 Å². The van der Waals surface area contributed by atoms with Gasteiger partial charge in [0.1, 0.15) is 11.6 Å². The first-order valence-corrected chi connectivity index (χ1v) is 8.77. The van der Waals surface area contributed by atoms with Crippen LogP contribution in [0.1, 0.15) is 11.4 Å². The van der Waals surface area contributed by atoms with Gasteiger partial charge in [0.25, 0.3) is 11.2 Å². The normalized spacial score (nSPS) is 11.2. The smallest absolute Gasteiger partial charge is 0.270 e. The van der Waals surface area contributed by atoms with Gasteiger partial charge in [-0.3, -0.25) is 19.5 Å². The van der Waals surface area contributed by atoms with Gasteiger partial charge in [-0.2, -0.15) is 0 Å². The fraction of sp³-hybridized carbons (Fsp3) is 0. The van der Waals surface area contributed by atoms with Crippen molar-refractivity contribution in [2.45, 2.75) is 0 Å². The lowest BCUT2D eigenvalue weighted by atomic mass is 10.2. The fourth-order valence-electron chi connectivity index (χ4n) is 3.06. The fourth-order valence-corrected chi connectivity index (χ4v) is 3.06. The molecule has 0 bridgehead atoms. The van der Waals surface area contributed by atoms with Crippen LogP contribution in [0, 0.1) is 10.1 Å². The number of benzene rings is 3. The SMILES string of the molecule is O=c1c2ccccc2nc(/C=C/c2cccc([N+](=O)[O-])c2)n1-c1cccc(O)c1. The van der Waals surface area contributed by atoms with E-state index >= 15 is 0 Å². The zero-order valence-corrected chi connectivity index (χ0v) is 15.1. The van der Waals surface area contributed by atoms with E-state index in [-0.39, 0.29) is 17.0 Å². The van der Waals surface area contributed by atoms with E-state index in [0.29, 0.717) is 28.0 Å². The molecule has 1 aromatic heterocycles. The van der Waals surface area contributed by atoms with Crippen LogP contribution in [0.5, 0.6) is 5.75 Å². The lowest BCUT2D eigenvalue weighted by Crippen LogP contribution is -2.22. The molecule has 0 amide bonds. The number of nitrogens with zero attached hydrogens (tertiary/aromatic N) is 3. The second-order valence-corrected chi connectivity index (χ2v) is 6.33. The molecule has 0 spiro atoms. The van der Waals surface area contributed by atoms with Gasteiger partial charge in [0, 0.05) is 18.2 Å². The van der Waals surface area contributed by atoms with Crippen molar-refractivity contribution in [1.29, 1.82) is 0 Å². The summed E-state index contributed by atoms with van der Waals surface area (Å²) < 4.78 is 1.40. The molecule has 0 aliphatic rings. The molecule has 0 saturated heterocycles. The number of aromatic nitrogens is 2. The molecular formula is C22H15N3O4. The maximum absolute atomic E-state index is 13.1. The first-order valence-electron chi connectivity index (χ1n) is 8.77. The minimum Gasteiger partial charge on any atom is -0.508 e. The van der Waals surface area contributed by atoms with Crippen molar-refractivity contribution in [2.24, 2.45) is 0 Å². The predicted molar refractivity (Wildman–Crippen MR) is 111 cm³/mol. The highest BCUT2D eigenvalue weighted by atomic mass is 16.6. The van der Waals surface area contributed by atoms with Crippen LogP contribution in [0.4, 0.5) is 5.69 Å². The number of rotatable bonds is 4. The molecule has 7 heteroatoms. The molecule has 0 aliphatic carbocycles. The van der Waals surface area contributed by atoms with Gasteiger partial charge < -0.3 is 5.11 Å². The number of nitro benzene ring substituents is 1. The molecule has 0 fully saturated rings. The second-order valence-electron chi connectivity index (χ2n) is 6.33. The van der Waals surface area contributed by atoms with Gasteiger partial charge in [-0.05, 0) is 35.9 Å². The maximum Gasteiger partial charge on any atom is 0.270 e. The quantitative estimate of drug-likeness (QED) is 0.420. The van der Waals surface area contributed by atoms with Crippen LogP contribution in [0.15, 0.2) is 77.6 Å². The van der Waals surface area contributed by atoms with E-state index in [0.717, 1.165) is 0 Å². The number of non-ortho nitro benzene ring substituents is 1. The standard InChI is InChI=1S/C22H15N3O4/c26-18-8-4-6-16(14-18)24-21(23-20-10-2-1-9-19(20)22(24)27)12-11-15-5-3-7-17(13-15)25(28)29/h1-14,26H/b12-11+. The number of phenols is 1. The summed E-state index contributed by atoms with van der Waals surface area (Å²) >= 11 is 0. The number of fused-ring (bicyclic) bond motifs is 1. The number of hydrogen-bond acceptors (Lipinski definition) is 5. The van der Waals surface area contributed by atoms with Crippen LogP contribution in [0.25, 0.3) is 28.7 Å². The highest BCUT2D eigenvalue weighted by Crippen LogP contribution is 2.19. The molecule has 7 nitrogen and oxygen atoms in total. The van der Waals surface area contributed by atoms with E-state index in [2.05, 4.69) is 4.98 Å². The lowest BCUT2D eigenvalue weighted by Gasteiger charge is -2.11. The average molecular weight is 385 g/mol. The molecular weight excluding hydrogens is 370 g/mol. The third-order valence-electron chi connectivity index (χ3n) is 4.40. The summed E-state index contributed by atoms with van der Waals surface area (Å²) in [5.74, 6) is 0.363. The van der Waals surface area contributed by atoms with Crippen LogP contribution in [0.3, 0.4) is 0 Å². The van der Waals surface area contributed by atoms with Gasteiger partial charge >= 0.3 is 0 Å². The second kappa shape index (κ2) is 7.40. The first kappa shape index (κ1) is 18.1. The van der Waals surface area contributed by atoms with Gasteiger partial charge in [0.2, 0.25) is 0 Å². The first-order chi connectivity index (χ1) is 14.0. The van der Waals surface area contributed by atoms with Crippen molar-refractivity contribution in [2.75, 3.05) is 0 Å². The van der Waals surface area contributed by atoms with Crippen LogP contribution in [-0.2, 0) is 0 Å². The summed E-state index contributed by atoms with van der Waals surface area (Å²) in [7, 11) is 0. The molecule has 29 heavy (non-hydrogen) atoms. The van der Waals surface area contributed by atoms with Crippen molar-refractivity contribution < 1.29 is 10.0 Å². The summed E-state index contributed by atoms with van der Waals surface area (Å²) in [6.07, 6.45) is 3.28. The largest absolute Gasteiger partial charge is 0.508 e. The van der Waals surface area contributed by atoms with Gasteiger partial charge in [0.15, 0.2) is 0 Å². The van der Waals surface area contributed by atoms with Gasteiger partial charge in [-0.15, -0.1) is 0 Å². The van der Waals surface area contributed by atoms with E-state index in [9.17, 15) is 20.0 Å². The number of para-hydroxylation sites is 1. The zero-order chi connectivity index (χ0) is 20.4. The Kier molecular flexibility index (Phi) is 4.62. The van der Waals surface area contributed by atoms with Crippen LogP contribution in [0.2, 0.25) is 0 Å². The van der Waals surface area contributed by atoms with Crippen LogP contribution < -0.4 is 5.56 Å². The summed E-state index contributed by atoms with van der Waals surface area (Å²) in [6.45, 7) is 0. The topological polar surface area (TPSA) is 98.3 Å². The molecule has 142 valence electrons. The number of nitro groups is 1. The highest BCUT2D eigenvalue weighted by molar-refractivity contribution is 5.80. The molecule has 0 saturated carbocycles. The summed E-state index contributed by atoms with van der Waals surface area (Å²) in [5, 5.41) is 21.3. The molecule has 0 unspecified atom stereocenters. The van der Waals surface area contributed by atoms with Crippen molar-refractivity contribution >= 4 is 28.7 Å². The van der Waals surface area contributed by atoms with Crippen molar-refractivity contribution in [3.63, 3.8) is 0 Å². The molecule has 4 aromatic rings. The molecule has 3 aromatic carbocycles. The third-order valence-corrected chi connectivity index (χ3v) is 4.40. The molecule has 1 heterocycles. The lowest BCUT2D eigenvalue weighted by molar-refractivity contribution is -0.384. The molecule has 4 rings (SSSR count). The Morgan fingerprint density at radius 2 is 1.76 bits per heavy atom. The number of phenolic OH excluding ortho intramolecular Hbond substituents is 1. The number of aromatic hydroxyl groups is 1. The molecule has 0 aliphatic heterocycles. The Morgan fingerprint density at radius 3 is 2.55 bits per heavy atom. The third kappa shape index (κ3) is 3.61. The Bertz CT molecular complexity index is 1330. The van der Waals surface area contributed by atoms with Crippen molar-refractivity contribution in [3.8, 4) is 11.4 Å². The molecule has 0 atom stereocenters. The Labute approximate surface area is 165 Å². The van der Waals surface area contributed by atoms with E-state index in [1.807, 2.05) is 0 Å². The predicted octanol–water partition coefficient (Wildman–Crippen LogP) is 4.17. The number of hydrogen-bond donors (Lipinski definition) is 1. The average Bonchev–Trinajstić information content (AvgIpc) is 2.72. The van der Waals surface area contributed by atoms with E-state index < -0.39 is 4.92 Å². The maximum atomic E-state index is 13.1. The summed E-state index contributed by atoms with van der Waals surface area (Å²) in [5.41, 5.74) is 1.30. The van der Waals surface area contributed by atoms with E-state index in [4.69, 9.17) is 0 Å². The molecule has 0 radical (unpaired) electrons. The van der Waals surface area contributed by atoms with Crippen molar-refractivity contribution in [1.82, 2.24) is 9.55 Å². The molecule has 1 N–H and O–H groups in total. The van der Waals surface area contributed by atoms with Gasteiger partial charge in [-0.1, -0.05) is 36.4 Å². The van der Waals surface area contributed by atoms with Gasteiger partial charge in [-0.25, -0.2) is 4.98 Å². The Hall–Kier alpha value is -4.26. The Morgan fingerprint density at radius 1 is 0.966 bits per heavy atom. The zero-order valence-electron chi connectivity index (χ0n) is 15.1. The highest BCUT2D eigenvalue weighted by Gasteiger charge is 2.11.